The van der Waals surface area contributed by atoms with Crippen molar-refractivity contribution in [1.29, 1.82) is 0 Å². The molecule has 3 aromatic carbocycles. The van der Waals surface area contributed by atoms with E-state index in [2.05, 4.69) is 24.2 Å². The smallest absolute Gasteiger partial charge is 0.290 e. The SMILES string of the molecule is Cc1cccc(-c2ccc3c(-c4ccc5c6c(ccnc46)CCO5)c(CC(=O)N=O)c(C)cc3n2)c1. The first-order valence-electron chi connectivity index (χ1n) is 11.9. The molecule has 0 N–H and O–H groups in total. The largest absolute Gasteiger partial charge is 0.493 e. The highest BCUT2D eigenvalue weighted by Crippen LogP contribution is 2.42. The molecule has 176 valence electrons. The van der Waals surface area contributed by atoms with Gasteiger partial charge < -0.3 is 4.74 Å². The Balaban J connectivity index is 1.66. The van der Waals surface area contributed by atoms with Gasteiger partial charge in [-0.1, -0.05) is 29.8 Å². The van der Waals surface area contributed by atoms with E-state index in [1.807, 2.05) is 61.7 Å². The first-order chi connectivity index (χ1) is 17.5. The fraction of sp³-hybridized carbons (Fsp3) is 0.167. The quantitative estimate of drug-likeness (QED) is 0.278. The van der Waals surface area contributed by atoms with Crippen molar-refractivity contribution in [3.63, 3.8) is 0 Å². The Kier molecular flexibility index (Phi) is 5.29. The van der Waals surface area contributed by atoms with Crippen LogP contribution < -0.4 is 4.74 Å². The van der Waals surface area contributed by atoms with E-state index in [0.717, 1.165) is 67.5 Å². The van der Waals surface area contributed by atoms with E-state index in [1.54, 1.807) is 0 Å². The summed E-state index contributed by atoms with van der Waals surface area (Å²) in [6.07, 6.45) is 2.55. The lowest BCUT2D eigenvalue weighted by atomic mass is 9.87. The standard InChI is InChI=1S/C30H23N3O3/c1-17-4-3-5-20(14-17)24-8-6-21-25(32-24)15-18(2)23(16-27(34)33-35)29(21)22-7-9-26-28-19(11-13-36-26)10-12-31-30(22)28/h3-10,12,14-15H,11,13,16H2,1-2H3. The number of nitrogens with zero attached hydrogens (tertiary/aromatic N) is 3. The third-order valence-corrected chi connectivity index (χ3v) is 6.91. The minimum atomic E-state index is -0.706. The van der Waals surface area contributed by atoms with Gasteiger partial charge in [0.05, 0.1) is 29.8 Å². The van der Waals surface area contributed by atoms with Gasteiger partial charge in [-0.15, -0.1) is 4.91 Å². The third kappa shape index (κ3) is 3.62. The third-order valence-electron chi connectivity index (χ3n) is 6.91. The second kappa shape index (κ2) is 8.64. The summed E-state index contributed by atoms with van der Waals surface area (Å²) in [5.74, 6) is 0.106. The highest BCUT2D eigenvalue weighted by Gasteiger charge is 2.23. The molecule has 1 aliphatic rings. The summed E-state index contributed by atoms with van der Waals surface area (Å²) in [6.45, 7) is 4.64. The van der Waals surface area contributed by atoms with E-state index in [-0.39, 0.29) is 6.42 Å². The van der Waals surface area contributed by atoms with Gasteiger partial charge in [0, 0.05) is 39.7 Å². The normalized spacial score (nSPS) is 12.5. The highest BCUT2D eigenvalue weighted by molar-refractivity contribution is 6.08. The lowest BCUT2D eigenvalue weighted by Gasteiger charge is -2.21. The summed E-state index contributed by atoms with van der Waals surface area (Å²) < 4.78 is 5.92. The summed E-state index contributed by atoms with van der Waals surface area (Å²) >= 11 is 0. The van der Waals surface area contributed by atoms with Crippen molar-refractivity contribution in [2.75, 3.05) is 6.61 Å². The molecule has 6 rings (SSSR count). The molecule has 0 saturated heterocycles. The maximum Gasteiger partial charge on any atom is 0.290 e. The lowest BCUT2D eigenvalue weighted by Crippen LogP contribution is -2.09. The molecule has 0 atom stereocenters. The number of carbonyl (C=O) groups is 1. The Hall–Kier alpha value is -4.45. The molecular formula is C30H23N3O3. The first kappa shape index (κ1) is 22.0. The van der Waals surface area contributed by atoms with Crippen molar-refractivity contribution in [1.82, 2.24) is 9.97 Å². The van der Waals surface area contributed by atoms with Crippen molar-refractivity contribution >= 4 is 27.7 Å². The van der Waals surface area contributed by atoms with Crippen LogP contribution in [-0.4, -0.2) is 22.5 Å². The van der Waals surface area contributed by atoms with Crippen LogP contribution in [0.1, 0.15) is 22.3 Å². The van der Waals surface area contributed by atoms with Gasteiger partial charge in [0.15, 0.2) is 0 Å². The number of nitroso groups, excluding NO2 is 1. The molecule has 0 radical (unpaired) electrons. The Bertz CT molecular complexity index is 1700. The number of carbonyl (C=O) groups excluding carboxylic acids is 1. The molecule has 6 nitrogen and oxygen atoms in total. The number of aromatic nitrogens is 2. The molecule has 1 amide bonds. The number of rotatable bonds is 4. The molecule has 1 aliphatic heterocycles. The first-order valence-corrected chi connectivity index (χ1v) is 11.9. The average molecular weight is 474 g/mol. The van der Waals surface area contributed by atoms with Crippen molar-refractivity contribution in [3.8, 4) is 28.1 Å². The van der Waals surface area contributed by atoms with Crippen LogP contribution in [0.5, 0.6) is 5.75 Å². The Morgan fingerprint density at radius 3 is 2.78 bits per heavy atom. The minimum Gasteiger partial charge on any atom is -0.493 e. The van der Waals surface area contributed by atoms with E-state index >= 15 is 0 Å². The molecule has 3 heterocycles. The van der Waals surface area contributed by atoms with Crippen molar-refractivity contribution < 1.29 is 9.53 Å². The fourth-order valence-electron chi connectivity index (χ4n) is 5.24. The van der Waals surface area contributed by atoms with Gasteiger partial charge in [0.25, 0.3) is 5.91 Å². The van der Waals surface area contributed by atoms with Crippen LogP contribution >= 0.6 is 0 Å². The maximum atomic E-state index is 12.2. The molecular weight excluding hydrogens is 450 g/mol. The van der Waals surface area contributed by atoms with E-state index in [9.17, 15) is 9.70 Å². The van der Waals surface area contributed by atoms with Crippen LogP contribution in [-0.2, 0) is 17.6 Å². The molecule has 0 spiro atoms. The second-order valence-corrected chi connectivity index (χ2v) is 9.24. The van der Waals surface area contributed by atoms with E-state index in [1.165, 1.54) is 11.1 Å². The molecule has 0 aliphatic carbocycles. The predicted octanol–water partition coefficient (Wildman–Crippen LogP) is 6.50. The zero-order valence-electron chi connectivity index (χ0n) is 20.0. The monoisotopic (exact) mass is 473 g/mol. The molecule has 0 saturated carbocycles. The minimum absolute atomic E-state index is 0.0837. The number of aryl methyl sites for hydroxylation is 2. The number of amides is 1. The topological polar surface area (TPSA) is 81.5 Å². The zero-order valence-corrected chi connectivity index (χ0v) is 20.0. The van der Waals surface area contributed by atoms with Crippen LogP contribution in [0, 0.1) is 18.8 Å². The van der Waals surface area contributed by atoms with Gasteiger partial charge in [-0.3, -0.25) is 9.78 Å². The Morgan fingerprint density at radius 1 is 1.06 bits per heavy atom. The van der Waals surface area contributed by atoms with Crippen LogP contribution in [0.3, 0.4) is 0 Å². The summed E-state index contributed by atoms with van der Waals surface area (Å²) in [7, 11) is 0. The summed E-state index contributed by atoms with van der Waals surface area (Å²) in [4.78, 5) is 33.0. The lowest BCUT2D eigenvalue weighted by molar-refractivity contribution is -0.117. The van der Waals surface area contributed by atoms with Crippen molar-refractivity contribution in [2.45, 2.75) is 26.7 Å². The number of benzene rings is 3. The molecule has 2 aromatic heterocycles. The van der Waals surface area contributed by atoms with E-state index in [0.29, 0.717) is 6.61 Å². The summed E-state index contributed by atoms with van der Waals surface area (Å²) in [5.41, 5.74) is 9.27. The molecule has 6 heteroatoms. The number of fused-ring (bicyclic) bond motifs is 1. The number of hydrogen-bond acceptors (Lipinski definition) is 5. The van der Waals surface area contributed by atoms with Gasteiger partial charge in [-0.05, 0) is 72.5 Å². The number of pyridine rings is 2. The van der Waals surface area contributed by atoms with Crippen LogP contribution in [0.2, 0.25) is 0 Å². The van der Waals surface area contributed by atoms with E-state index < -0.39 is 5.91 Å². The highest BCUT2D eigenvalue weighted by atomic mass is 16.5. The average Bonchev–Trinajstić information content (AvgIpc) is 2.89. The van der Waals surface area contributed by atoms with Gasteiger partial charge in [-0.25, -0.2) is 4.98 Å². The molecule has 0 bridgehead atoms. The molecule has 36 heavy (non-hydrogen) atoms. The van der Waals surface area contributed by atoms with Gasteiger partial charge >= 0.3 is 0 Å². The zero-order chi connectivity index (χ0) is 24.8. The van der Waals surface area contributed by atoms with Gasteiger partial charge in [-0.2, -0.15) is 0 Å². The van der Waals surface area contributed by atoms with Gasteiger partial charge in [0.2, 0.25) is 0 Å². The van der Waals surface area contributed by atoms with Crippen LogP contribution in [0.25, 0.3) is 44.2 Å². The molecule has 0 fully saturated rings. The number of ether oxygens (including phenoxy) is 1. The van der Waals surface area contributed by atoms with Gasteiger partial charge in [0.1, 0.15) is 5.75 Å². The second-order valence-electron chi connectivity index (χ2n) is 9.24. The summed E-state index contributed by atoms with van der Waals surface area (Å²) in [5, 5.41) is 4.56. The molecule has 5 aromatic rings. The van der Waals surface area contributed by atoms with Crippen molar-refractivity contribution in [3.05, 3.63) is 94.0 Å². The summed E-state index contributed by atoms with van der Waals surface area (Å²) in [6, 6.07) is 20.3. The van der Waals surface area contributed by atoms with E-state index in [4.69, 9.17) is 14.7 Å². The maximum absolute atomic E-state index is 12.2. The van der Waals surface area contributed by atoms with Crippen LogP contribution in [0.4, 0.5) is 0 Å². The molecule has 0 unspecified atom stereocenters. The fourth-order valence-corrected chi connectivity index (χ4v) is 5.24. The number of hydrogen-bond donors (Lipinski definition) is 0. The Morgan fingerprint density at radius 2 is 1.94 bits per heavy atom. The van der Waals surface area contributed by atoms with Crippen LogP contribution in [0.15, 0.2) is 72.0 Å². The predicted molar refractivity (Wildman–Crippen MR) is 141 cm³/mol. The Labute approximate surface area is 208 Å². The van der Waals surface area contributed by atoms with Crippen molar-refractivity contribution in [2.24, 2.45) is 5.18 Å².